The maximum atomic E-state index is 6.12. The van der Waals surface area contributed by atoms with Crippen LogP contribution in [0.4, 0.5) is 0 Å². The molecule has 0 saturated carbocycles. The second kappa shape index (κ2) is 5.51. The van der Waals surface area contributed by atoms with Crippen molar-refractivity contribution >= 4 is 0 Å². The topological polar surface area (TPSA) is 38.5 Å². The molecule has 2 unspecified atom stereocenters. The van der Waals surface area contributed by atoms with Crippen LogP contribution in [0.25, 0.3) is 0 Å². The Balaban J connectivity index is 1.60. The summed E-state index contributed by atoms with van der Waals surface area (Å²) in [6.45, 7) is 1.16. The molecule has 2 bridgehead atoms. The summed E-state index contributed by atoms with van der Waals surface area (Å²) in [4.78, 5) is 2.70. The van der Waals surface area contributed by atoms with E-state index in [-0.39, 0.29) is 0 Å². The quantitative estimate of drug-likeness (QED) is 0.902. The summed E-state index contributed by atoms with van der Waals surface area (Å²) in [5.41, 5.74) is 7.49. The Bertz CT molecular complexity index is 421. The summed E-state index contributed by atoms with van der Waals surface area (Å²) in [7, 11) is 1.73. The summed E-state index contributed by atoms with van der Waals surface area (Å²) in [5.74, 6) is 0.959. The molecule has 0 spiro atoms. The van der Waals surface area contributed by atoms with Gasteiger partial charge in [0.05, 0.1) is 7.11 Å². The number of methoxy groups -OCH3 is 1. The lowest BCUT2D eigenvalue weighted by atomic mass is 9.97. The van der Waals surface area contributed by atoms with Crippen molar-refractivity contribution in [2.24, 2.45) is 5.73 Å². The average Bonchev–Trinajstić information content (AvgIpc) is 2.67. The SMILES string of the molecule is COc1cccc(CCN2C3CCC2CC(N)C3)c1. The van der Waals surface area contributed by atoms with Crippen molar-refractivity contribution in [3.05, 3.63) is 29.8 Å². The Morgan fingerprint density at radius 1 is 1.26 bits per heavy atom. The van der Waals surface area contributed by atoms with E-state index in [0.717, 1.165) is 30.8 Å². The van der Waals surface area contributed by atoms with Crippen LogP contribution in [0.1, 0.15) is 31.2 Å². The molecule has 2 heterocycles. The van der Waals surface area contributed by atoms with Gasteiger partial charge in [0.25, 0.3) is 0 Å². The summed E-state index contributed by atoms with van der Waals surface area (Å²) in [6, 6.07) is 10.3. The molecule has 2 fully saturated rings. The summed E-state index contributed by atoms with van der Waals surface area (Å²) in [6.07, 6.45) is 6.18. The number of rotatable bonds is 4. The predicted molar refractivity (Wildman–Crippen MR) is 77.4 cm³/mol. The van der Waals surface area contributed by atoms with Crippen molar-refractivity contribution in [1.29, 1.82) is 0 Å². The third kappa shape index (κ3) is 2.77. The molecule has 2 N–H and O–H groups in total. The number of nitrogens with two attached hydrogens (primary N) is 1. The Kier molecular flexibility index (Phi) is 3.76. The van der Waals surface area contributed by atoms with Crippen LogP contribution >= 0.6 is 0 Å². The van der Waals surface area contributed by atoms with Gasteiger partial charge in [-0.25, -0.2) is 0 Å². The molecule has 19 heavy (non-hydrogen) atoms. The number of hydrogen-bond donors (Lipinski definition) is 1. The first-order valence-corrected chi connectivity index (χ1v) is 7.40. The van der Waals surface area contributed by atoms with Crippen LogP contribution in [0.15, 0.2) is 24.3 Å². The molecule has 0 radical (unpaired) electrons. The van der Waals surface area contributed by atoms with E-state index in [4.69, 9.17) is 10.5 Å². The first-order chi connectivity index (χ1) is 9.26. The zero-order valence-corrected chi connectivity index (χ0v) is 11.7. The van der Waals surface area contributed by atoms with Gasteiger partial charge in [-0.05, 0) is 49.8 Å². The van der Waals surface area contributed by atoms with Crippen molar-refractivity contribution in [2.45, 2.75) is 50.2 Å². The van der Waals surface area contributed by atoms with Crippen molar-refractivity contribution in [3.8, 4) is 5.75 Å². The fourth-order valence-electron chi connectivity index (χ4n) is 3.77. The van der Waals surface area contributed by atoms with E-state index in [9.17, 15) is 0 Å². The highest BCUT2D eigenvalue weighted by atomic mass is 16.5. The number of piperidine rings is 1. The van der Waals surface area contributed by atoms with Crippen molar-refractivity contribution in [1.82, 2.24) is 4.90 Å². The highest BCUT2D eigenvalue weighted by molar-refractivity contribution is 5.28. The summed E-state index contributed by atoms with van der Waals surface area (Å²) < 4.78 is 5.29. The number of benzene rings is 1. The molecule has 3 heteroatoms. The smallest absolute Gasteiger partial charge is 0.119 e. The molecule has 0 aliphatic carbocycles. The minimum atomic E-state index is 0.436. The Morgan fingerprint density at radius 3 is 2.68 bits per heavy atom. The van der Waals surface area contributed by atoms with Gasteiger partial charge in [0.1, 0.15) is 5.75 Å². The first kappa shape index (κ1) is 12.9. The van der Waals surface area contributed by atoms with Gasteiger partial charge in [0.15, 0.2) is 0 Å². The predicted octanol–water partition coefficient (Wildman–Crippen LogP) is 2.19. The number of ether oxygens (including phenoxy) is 1. The standard InChI is InChI=1S/C16H24N2O/c1-19-16-4-2-3-12(9-16)7-8-18-14-5-6-15(18)11-13(17)10-14/h2-4,9,13-15H,5-8,10-11,17H2,1H3. The van der Waals surface area contributed by atoms with Gasteiger partial charge in [-0.3, -0.25) is 4.90 Å². The van der Waals surface area contributed by atoms with Crippen LogP contribution in [0.2, 0.25) is 0 Å². The van der Waals surface area contributed by atoms with Gasteiger partial charge >= 0.3 is 0 Å². The van der Waals surface area contributed by atoms with Crippen LogP contribution in [-0.2, 0) is 6.42 Å². The fourth-order valence-corrected chi connectivity index (χ4v) is 3.77. The van der Waals surface area contributed by atoms with E-state index >= 15 is 0 Å². The van der Waals surface area contributed by atoms with E-state index in [1.807, 2.05) is 6.07 Å². The van der Waals surface area contributed by atoms with Crippen LogP contribution in [0.3, 0.4) is 0 Å². The Hall–Kier alpha value is -1.06. The molecule has 2 aliphatic rings. The van der Waals surface area contributed by atoms with Gasteiger partial charge < -0.3 is 10.5 Å². The Labute approximate surface area is 115 Å². The highest BCUT2D eigenvalue weighted by Gasteiger charge is 2.38. The summed E-state index contributed by atoms with van der Waals surface area (Å²) in [5, 5.41) is 0. The van der Waals surface area contributed by atoms with E-state index in [0.29, 0.717) is 6.04 Å². The molecule has 2 aliphatic heterocycles. The third-order valence-corrected chi connectivity index (χ3v) is 4.71. The van der Waals surface area contributed by atoms with Gasteiger partial charge in [-0.2, -0.15) is 0 Å². The van der Waals surface area contributed by atoms with Crippen LogP contribution < -0.4 is 10.5 Å². The lowest BCUT2D eigenvalue weighted by molar-refractivity contribution is 0.129. The minimum Gasteiger partial charge on any atom is -0.497 e. The molecular formula is C16H24N2O. The molecular weight excluding hydrogens is 236 g/mol. The second-order valence-corrected chi connectivity index (χ2v) is 5.96. The molecule has 0 amide bonds. The van der Waals surface area contributed by atoms with Gasteiger partial charge in [0.2, 0.25) is 0 Å². The first-order valence-electron chi connectivity index (χ1n) is 7.40. The normalized spacial score (nSPS) is 30.5. The van der Waals surface area contributed by atoms with E-state index in [1.165, 1.54) is 31.2 Å². The average molecular weight is 260 g/mol. The minimum absolute atomic E-state index is 0.436. The lowest BCUT2D eigenvalue weighted by Crippen LogP contribution is -2.48. The van der Waals surface area contributed by atoms with E-state index in [1.54, 1.807) is 7.11 Å². The van der Waals surface area contributed by atoms with Gasteiger partial charge in [0, 0.05) is 24.7 Å². The van der Waals surface area contributed by atoms with Crippen molar-refractivity contribution in [3.63, 3.8) is 0 Å². The van der Waals surface area contributed by atoms with Crippen molar-refractivity contribution < 1.29 is 4.74 Å². The molecule has 104 valence electrons. The van der Waals surface area contributed by atoms with Crippen LogP contribution in [-0.4, -0.2) is 36.7 Å². The number of nitrogens with zero attached hydrogens (tertiary/aromatic N) is 1. The van der Waals surface area contributed by atoms with Crippen molar-refractivity contribution in [2.75, 3.05) is 13.7 Å². The summed E-state index contributed by atoms with van der Waals surface area (Å²) >= 11 is 0. The van der Waals surface area contributed by atoms with Crippen LogP contribution in [0.5, 0.6) is 5.75 Å². The second-order valence-electron chi connectivity index (χ2n) is 5.96. The molecule has 2 saturated heterocycles. The highest BCUT2D eigenvalue weighted by Crippen LogP contribution is 2.35. The zero-order valence-electron chi connectivity index (χ0n) is 11.7. The Morgan fingerprint density at radius 2 is 2.00 bits per heavy atom. The molecule has 3 rings (SSSR count). The maximum Gasteiger partial charge on any atom is 0.119 e. The van der Waals surface area contributed by atoms with Gasteiger partial charge in [-0.1, -0.05) is 12.1 Å². The molecule has 1 aromatic carbocycles. The van der Waals surface area contributed by atoms with E-state index in [2.05, 4.69) is 23.1 Å². The number of fused-ring (bicyclic) bond motifs is 2. The lowest BCUT2D eigenvalue weighted by Gasteiger charge is -2.37. The van der Waals surface area contributed by atoms with Crippen LogP contribution in [0, 0.1) is 0 Å². The zero-order chi connectivity index (χ0) is 13.2. The maximum absolute atomic E-state index is 6.12. The molecule has 1 aromatic rings. The van der Waals surface area contributed by atoms with E-state index < -0.39 is 0 Å². The molecule has 0 aromatic heterocycles. The molecule has 3 nitrogen and oxygen atoms in total. The van der Waals surface area contributed by atoms with Gasteiger partial charge in [-0.15, -0.1) is 0 Å². The fraction of sp³-hybridized carbons (Fsp3) is 0.625. The monoisotopic (exact) mass is 260 g/mol. The largest absolute Gasteiger partial charge is 0.497 e. The molecule has 2 atom stereocenters. The number of hydrogen-bond acceptors (Lipinski definition) is 3. The third-order valence-electron chi connectivity index (χ3n) is 4.71.